The molecular formula is C15H14BrFN2O2. The van der Waals surface area contributed by atoms with Crippen molar-refractivity contribution in [2.45, 2.75) is 6.92 Å². The van der Waals surface area contributed by atoms with E-state index in [9.17, 15) is 9.18 Å². The van der Waals surface area contributed by atoms with Crippen molar-refractivity contribution in [3.8, 4) is 11.5 Å². The first-order valence-electron chi connectivity index (χ1n) is 6.32. The molecule has 0 spiro atoms. The molecule has 2 aromatic carbocycles. The summed E-state index contributed by atoms with van der Waals surface area (Å²) in [6.07, 6.45) is 0. The Kier molecular flexibility index (Phi) is 4.80. The molecule has 0 unspecified atom stereocenters. The third-order valence-corrected chi connectivity index (χ3v) is 3.37. The van der Waals surface area contributed by atoms with Gasteiger partial charge in [-0.25, -0.2) is 4.39 Å². The monoisotopic (exact) mass is 352 g/mol. The van der Waals surface area contributed by atoms with Crippen molar-refractivity contribution in [1.82, 2.24) is 5.32 Å². The number of nitrogen functional groups attached to an aromatic ring is 1. The third kappa shape index (κ3) is 3.72. The van der Waals surface area contributed by atoms with E-state index in [-0.39, 0.29) is 5.91 Å². The number of ether oxygens (including phenoxy) is 1. The minimum absolute atomic E-state index is 0.203. The minimum Gasteiger partial charge on any atom is -0.455 e. The summed E-state index contributed by atoms with van der Waals surface area (Å²) in [7, 11) is 0. The molecule has 2 aromatic rings. The first kappa shape index (κ1) is 15.3. The Bertz CT molecular complexity index is 677. The highest BCUT2D eigenvalue weighted by molar-refractivity contribution is 9.10. The second-order valence-corrected chi connectivity index (χ2v) is 5.14. The molecule has 3 N–H and O–H groups in total. The minimum atomic E-state index is -0.426. The lowest BCUT2D eigenvalue weighted by molar-refractivity contribution is 0.0956. The van der Waals surface area contributed by atoms with Gasteiger partial charge in [-0.2, -0.15) is 0 Å². The van der Waals surface area contributed by atoms with E-state index in [0.29, 0.717) is 33.8 Å². The SMILES string of the molecule is CCNC(=O)c1ccc(Oc2ccc(Br)c(F)c2)c(N)c1. The van der Waals surface area contributed by atoms with Gasteiger partial charge in [0.05, 0.1) is 10.2 Å². The van der Waals surface area contributed by atoms with Gasteiger partial charge in [0.25, 0.3) is 5.91 Å². The molecule has 0 aromatic heterocycles. The van der Waals surface area contributed by atoms with Crippen LogP contribution in [-0.4, -0.2) is 12.5 Å². The zero-order valence-corrected chi connectivity index (χ0v) is 12.9. The molecule has 21 heavy (non-hydrogen) atoms. The number of rotatable bonds is 4. The van der Waals surface area contributed by atoms with Gasteiger partial charge in [0, 0.05) is 18.2 Å². The molecule has 0 aliphatic rings. The number of amides is 1. The van der Waals surface area contributed by atoms with Crippen LogP contribution in [0.4, 0.5) is 10.1 Å². The molecule has 0 bridgehead atoms. The molecule has 0 aliphatic heterocycles. The van der Waals surface area contributed by atoms with Crippen LogP contribution in [0.5, 0.6) is 11.5 Å². The van der Waals surface area contributed by atoms with Crippen molar-refractivity contribution in [3.05, 3.63) is 52.3 Å². The Morgan fingerprint density at radius 2 is 2.10 bits per heavy atom. The summed E-state index contributed by atoms with van der Waals surface area (Å²) in [4.78, 5) is 11.7. The molecule has 6 heteroatoms. The van der Waals surface area contributed by atoms with Crippen LogP contribution < -0.4 is 15.8 Å². The first-order valence-corrected chi connectivity index (χ1v) is 7.11. The second-order valence-electron chi connectivity index (χ2n) is 4.29. The molecule has 0 radical (unpaired) electrons. The molecule has 0 fully saturated rings. The van der Waals surface area contributed by atoms with Crippen LogP contribution in [0.3, 0.4) is 0 Å². The lowest BCUT2D eigenvalue weighted by atomic mass is 10.1. The third-order valence-electron chi connectivity index (χ3n) is 2.73. The van der Waals surface area contributed by atoms with Crippen LogP contribution in [0, 0.1) is 5.82 Å². The zero-order chi connectivity index (χ0) is 15.4. The van der Waals surface area contributed by atoms with Crippen molar-refractivity contribution in [3.63, 3.8) is 0 Å². The Morgan fingerprint density at radius 1 is 1.33 bits per heavy atom. The summed E-state index contributed by atoms with van der Waals surface area (Å²) in [6, 6.07) is 9.12. The number of halogens is 2. The summed E-state index contributed by atoms with van der Waals surface area (Å²) >= 11 is 3.07. The smallest absolute Gasteiger partial charge is 0.251 e. The molecule has 0 saturated heterocycles. The zero-order valence-electron chi connectivity index (χ0n) is 11.3. The fraction of sp³-hybridized carbons (Fsp3) is 0.133. The van der Waals surface area contributed by atoms with E-state index in [4.69, 9.17) is 10.5 Å². The number of carbonyl (C=O) groups is 1. The van der Waals surface area contributed by atoms with Crippen molar-refractivity contribution in [1.29, 1.82) is 0 Å². The number of nitrogens with two attached hydrogens (primary N) is 1. The predicted molar refractivity (Wildman–Crippen MR) is 83.0 cm³/mol. The van der Waals surface area contributed by atoms with Gasteiger partial charge in [0.2, 0.25) is 0 Å². The van der Waals surface area contributed by atoms with E-state index in [1.165, 1.54) is 12.1 Å². The summed E-state index contributed by atoms with van der Waals surface area (Å²) < 4.78 is 19.3. The van der Waals surface area contributed by atoms with E-state index in [1.807, 2.05) is 6.92 Å². The van der Waals surface area contributed by atoms with Gasteiger partial charge < -0.3 is 15.8 Å². The van der Waals surface area contributed by atoms with Gasteiger partial charge in [-0.15, -0.1) is 0 Å². The Labute approximate surface area is 130 Å². The number of nitrogens with one attached hydrogen (secondary N) is 1. The van der Waals surface area contributed by atoms with Crippen LogP contribution in [0.1, 0.15) is 17.3 Å². The van der Waals surface area contributed by atoms with E-state index >= 15 is 0 Å². The molecule has 1 amide bonds. The van der Waals surface area contributed by atoms with E-state index < -0.39 is 5.82 Å². The lowest BCUT2D eigenvalue weighted by Gasteiger charge is -2.10. The van der Waals surface area contributed by atoms with Crippen LogP contribution in [-0.2, 0) is 0 Å². The van der Waals surface area contributed by atoms with Crippen LogP contribution in [0.15, 0.2) is 40.9 Å². The van der Waals surface area contributed by atoms with Crippen LogP contribution in [0.25, 0.3) is 0 Å². The molecule has 0 aliphatic carbocycles. The van der Waals surface area contributed by atoms with E-state index in [2.05, 4.69) is 21.2 Å². The molecule has 0 saturated carbocycles. The highest BCUT2D eigenvalue weighted by Crippen LogP contribution is 2.30. The average Bonchev–Trinajstić information content (AvgIpc) is 2.45. The summed E-state index contributed by atoms with van der Waals surface area (Å²) in [5.74, 6) is 0.0633. The number of anilines is 1. The quantitative estimate of drug-likeness (QED) is 0.824. The molecule has 0 atom stereocenters. The van der Waals surface area contributed by atoms with Crippen LogP contribution in [0.2, 0.25) is 0 Å². The van der Waals surface area contributed by atoms with Gasteiger partial charge in [-0.3, -0.25) is 4.79 Å². The Morgan fingerprint density at radius 3 is 2.71 bits per heavy atom. The second kappa shape index (κ2) is 6.58. The molecule has 4 nitrogen and oxygen atoms in total. The largest absolute Gasteiger partial charge is 0.455 e. The number of hydrogen-bond acceptors (Lipinski definition) is 3. The van der Waals surface area contributed by atoms with Crippen molar-refractivity contribution >= 4 is 27.5 Å². The maximum atomic E-state index is 13.4. The molecular weight excluding hydrogens is 339 g/mol. The van der Waals surface area contributed by atoms with Crippen LogP contribution >= 0.6 is 15.9 Å². The van der Waals surface area contributed by atoms with Crippen molar-refractivity contribution in [2.75, 3.05) is 12.3 Å². The Hall–Kier alpha value is -2.08. The summed E-state index contributed by atoms with van der Waals surface area (Å²) in [6.45, 7) is 2.37. The van der Waals surface area contributed by atoms with Crippen molar-refractivity contribution < 1.29 is 13.9 Å². The molecule has 110 valence electrons. The number of hydrogen-bond donors (Lipinski definition) is 2. The fourth-order valence-electron chi connectivity index (χ4n) is 1.71. The highest BCUT2D eigenvalue weighted by Gasteiger charge is 2.09. The van der Waals surface area contributed by atoms with Gasteiger partial charge in [0.15, 0.2) is 0 Å². The number of carbonyl (C=O) groups excluding carboxylic acids is 1. The maximum Gasteiger partial charge on any atom is 0.251 e. The average molecular weight is 353 g/mol. The van der Waals surface area contributed by atoms with Gasteiger partial charge >= 0.3 is 0 Å². The van der Waals surface area contributed by atoms with Gasteiger partial charge in [0.1, 0.15) is 17.3 Å². The molecule has 0 heterocycles. The topological polar surface area (TPSA) is 64.3 Å². The standard InChI is InChI=1S/C15H14BrFN2O2/c1-2-19-15(20)9-3-6-14(13(18)7-9)21-10-4-5-11(16)12(17)8-10/h3-8H,2,18H2,1H3,(H,19,20). The fourth-order valence-corrected chi connectivity index (χ4v) is 1.96. The van der Waals surface area contributed by atoms with E-state index in [1.54, 1.807) is 24.3 Å². The molecule has 2 rings (SSSR count). The normalized spacial score (nSPS) is 10.2. The predicted octanol–water partition coefficient (Wildman–Crippen LogP) is 3.71. The summed E-state index contributed by atoms with van der Waals surface area (Å²) in [5.41, 5.74) is 6.62. The first-order chi connectivity index (χ1) is 10.0. The Balaban J connectivity index is 2.21. The summed E-state index contributed by atoms with van der Waals surface area (Å²) in [5, 5.41) is 2.68. The lowest BCUT2D eigenvalue weighted by Crippen LogP contribution is -2.22. The number of benzene rings is 2. The van der Waals surface area contributed by atoms with Crippen molar-refractivity contribution in [2.24, 2.45) is 0 Å². The van der Waals surface area contributed by atoms with Gasteiger partial charge in [-0.05, 0) is 53.2 Å². The highest BCUT2D eigenvalue weighted by atomic mass is 79.9. The van der Waals surface area contributed by atoms with E-state index in [0.717, 1.165) is 0 Å². The maximum absolute atomic E-state index is 13.4. The van der Waals surface area contributed by atoms with Gasteiger partial charge in [-0.1, -0.05) is 0 Å².